The van der Waals surface area contributed by atoms with Gasteiger partial charge in [-0.1, -0.05) is 30.7 Å². The highest BCUT2D eigenvalue weighted by Gasteiger charge is 2.20. The second-order valence-corrected chi connectivity index (χ2v) is 4.47. The number of carboxylic acids is 1. The van der Waals surface area contributed by atoms with Gasteiger partial charge < -0.3 is 9.67 Å². The van der Waals surface area contributed by atoms with Crippen molar-refractivity contribution in [1.82, 2.24) is 4.57 Å². The van der Waals surface area contributed by atoms with Gasteiger partial charge in [-0.05, 0) is 25.0 Å². The van der Waals surface area contributed by atoms with Gasteiger partial charge >= 0.3 is 5.97 Å². The molecule has 1 N–H and O–H groups in total. The number of hydrogen-bond acceptors (Lipinski definition) is 1. The number of aromatic nitrogens is 1. The Kier molecular flexibility index (Phi) is 3.11. The monoisotopic (exact) mass is 251 g/mol. The van der Waals surface area contributed by atoms with Gasteiger partial charge in [0.05, 0.1) is 10.5 Å². The number of carbonyl (C=O) groups is 1. The highest BCUT2D eigenvalue weighted by Crippen LogP contribution is 2.31. The molecule has 0 saturated carbocycles. The Bertz CT molecular complexity index is 587. The molecule has 17 heavy (non-hydrogen) atoms. The lowest BCUT2D eigenvalue weighted by atomic mass is 10.1. The Balaban J connectivity index is 2.88. The first-order valence-electron chi connectivity index (χ1n) is 5.58. The van der Waals surface area contributed by atoms with Gasteiger partial charge in [-0.3, -0.25) is 0 Å². The highest BCUT2D eigenvalue weighted by atomic mass is 35.5. The summed E-state index contributed by atoms with van der Waals surface area (Å²) in [5.41, 5.74) is 1.95. The molecular formula is C13H14ClNO2. The lowest BCUT2D eigenvalue weighted by Crippen LogP contribution is -2.09. The van der Waals surface area contributed by atoms with Crippen LogP contribution in [0.25, 0.3) is 10.9 Å². The first-order chi connectivity index (χ1) is 8.07. The summed E-state index contributed by atoms with van der Waals surface area (Å²) in [7, 11) is 0. The Labute approximate surface area is 105 Å². The summed E-state index contributed by atoms with van der Waals surface area (Å²) >= 11 is 6.17. The van der Waals surface area contributed by atoms with E-state index >= 15 is 0 Å². The molecule has 3 nitrogen and oxygen atoms in total. The number of aryl methyl sites for hydroxylation is 2. The van der Waals surface area contributed by atoms with Crippen LogP contribution in [0.2, 0.25) is 5.02 Å². The molecule has 0 fully saturated rings. The molecular weight excluding hydrogens is 238 g/mol. The van der Waals surface area contributed by atoms with Crippen molar-refractivity contribution in [2.45, 2.75) is 26.8 Å². The van der Waals surface area contributed by atoms with E-state index in [0.717, 1.165) is 22.9 Å². The molecule has 0 saturated heterocycles. The van der Waals surface area contributed by atoms with Crippen molar-refractivity contribution in [3.63, 3.8) is 0 Å². The maximum Gasteiger partial charge on any atom is 0.352 e. The van der Waals surface area contributed by atoms with Crippen molar-refractivity contribution in [3.05, 3.63) is 34.5 Å². The molecule has 0 radical (unpaired) electrons. The first kappa shape index (κ1) is 12.0. The normalized spacial score (nSPS) is 11.0. The number of carboxylic acid groups (broad SMARTS) is 1. The largest absolute Gasteiger partial charge is 0.477 e. The van der Waals surface area contributed by atoms with Gasteiger partial charge in [0.1, 0.15) is 5.69 Å². The van der Waals surface area contributed by atoms with Gasteiger partial charge in [0.25, 0.3) is 0 Å². The van der Waals surface area contributed by atoms with Crippen LogP contribution in [0.5, 0.6) is 0 Å². The molecule has 1 heterocycles. The average molecular weight is 252 g/mol. The summed E-state index contributed by atoms with van der Waals surface area (Å²) in [5, 5.41) is 10.8. The molecule has 0 aliphatic heterocycles. The number of nitrogens with zero attached hydrogens (tertiary/aromatic N) is 1. The van der Waals surface area contributed by atoms with E-state index in [1.807, 2.05) is 26.0 Å². The van der Waals surface area contributed by atoms with Crippen molar-refractivity contribution in [3.8, 4) is 0 Å². The highest BCUT2D eigenvalue weighted by molar-refractivity contribution is 6.35. The summed E-state index contributed by atoms with van der Waals surface area (Å²) < 4.78 is 1.80. The van der Waals surface area contributed by atoms with Crippen LogP contribution in [0, 0.1) is 6.92 Å². The van der Waals surface area contributed by atoms with Crippen LogP contribution in [0.15, 0.2) is 18.2 Å². The number of fused-ring (bicyclic) bond motifs is 1. The summed E-state index contributed by atoms with van der Waals surface area (Å²) in [6.45, 7) is 4.51. The lowest BCUT2D eigenvalue weighted by Gasteiger charge is -2.07. The zero-order valence-corrected chi connectivity index (χ0v) is 10.6. The van der Waals surface area contributed by atoms with Crippen molar-refractivity contribution >= 4 is 28.5 Å². The van der Waals surface area contributed by atoms with Gasteiger partial charge in [0.2, 0.25) is 0 Å². The fraction of sp³-hybridized carbons (Fsp3) is 0.308. The van der Waals surface area contributed by atoms with Gasteiger partial charge in [-0.25, -0.2) is 4.79 Å². The molecule has 0 unspecified atom stereocenters. The number of aromatic carboxylic acids is 1. The standard InChI is InChI=1S/C13H14ClNO2/c1-3-7-15-11(13(16)17)8(2)9-5-4-6-10(14)12(9)15/h4-6H,3,7H2,1-2H3,(H,16,17). The van der Waals surface area contributed by atoms with E-state index in [0.29, 0.717) is 17.3 Å². The SMILES string of the molecule is CCCn1c(C(=O)O)c(C)c2cccc(Cl)c21. The molecule has 0 aliphatic rings. The summed E-state index contributed by atoms with van der Waals surface area (Å²) in [6.07, 6.45) is 0.870. The third kappa shape index (κ3) is 1.80. The van der Waals surface area contributed by atoms with Crippen LogP contribution in [-0.2, 0) is 6.54 Å². The second kappa shape index (κ2) is 4.41. The minimum absolute atomic E-state index is 0.343. The molecule has 90 valence electrons. The number of halogens is 1. The molecule has 0 spiro atoms. The van der Waals surface area contributed by atoms with Crippen molar-refractivity contribution in [2.24, 2.45) is 0 Å². The van der Waals surface area contributed by atoms with E-state index in [4.69, 9.17) is 11.6 Å². The van der Waals surface area contributed by atoms with Crippen LogP contribution in [0.4, 0.5) is 0 Å². The Morgan fingerprint density at radius 3 is 2.76 bits per heavy atom. The van der Waals surface area contributed by atoms with E-state index in [1.165, 1.54) is 0 Å². The smallest absolute Gasteiger partial charge is 0.352 e. The summed E-state index contributed by atoms with van der Waals surface area (Å²) in [6, 6.07) is 5.55. The van der Waals surface area contributed by atoms with Gasteiger partial charge in [0.15, 0.2) is 0 Å². The fourth-order valence-electron chi connectivity index (χ4n) is 2.26. The van der Waals surface area contributed by atoms with E-state index in [2.05, 4.69) is 0 Å². The Hall–Kier alpha value is -1.48. The predicted octanol–water partition coefficient (Wildman–Crippen LogP) is 3.71. The van der Waals surface area contributed by atoms with E-state index < -0.39 is 5.97 Å². The lowest BCUT2D eigenvalue weighted by molar-refractivity contribution is 0.0685. The van der Waals surface area contributed by atoms with Crippen molar-refractivity contribution < 1.29 is 9.90 Å². The molecule has 2 aromatic rings. The molecule has 0 atom stereocenters. The van der Waals surface area contributed by atoms with Crippen molar-refractivity contribution in [1.29, 1.82) is 0 Å². The zero-order chi connectivity index (χ0) is 12.6. The van der Waals surface area contributed by atoms with E-state index in [-0.39, 0.29) is 0 Å². The van der Waals surface area contributed by atoms with Gasteiger partial charge in [-0.15, -0.1) is 0 Å². The summed E-state index contributed by atoms with van der Waals surface area (Å²) in [4.78, 5) is 11.3. The fourth-order valence-corrected chi connectivity index (χ4v) is 2.53. The Morgan fingerprint density at radius 1 is 1.47 bits per heavy atom. The molecule has 1 aromatic carbocycles. The van der Waals surface area contributed by atoms with Crippen LogP contribution in [0.1, 0.15) is 29.4 Å². The minimum atomic E-state index is -0.900. The van der Waals surface area contributed by atoms with Crippen LogP contribution in [-0.4, -0.2) is 15.6 Å². The molecule has 0 bridgehead atoms. The maximum atomic E-state index is 11.3. The third-order valence-corrected chi connectivity index (χ3v) is 3.24. The van der Waals surface area contributed by atoms with Gasteiger partial charge in [-0.2, -0.15) is 0 Å². The number of benzene rings is 1. The van der Waals surface area contributed by atoms with Gasteiger partial charge in [0, 0.05) is 11.9 Å². The minimum Gasteiger partial charge on any atom is -0.477 e. The van der Waals surface area contributed by atoms with Crippen LogP contribution >= 0.6 is 11.6 Å². The van der Waals surface area contributed by atoms with Crippen LogP contribution < -0.4 is 0 Å². The number of hydrogen-bond donors (Lipinski definition) is 1. The van der Waals surface area contributed by atoms with Crippen molar-refractivity contribution in [2.75, 3.05) is 0 Å². The quantitative estimate of drug-likeness (QED) is 0.904. The number of para-hydroxylation sites is 1. The first-order valence-corrected chi connectivity index (χ1v) is 5.96. The van der Waals surface area contributed by atoms with E-state index in [9.17, 15) is 9.90 Å². The predicted molar refractivity (Wildman–Crippen MR) is 68.9 cm³/mol. The number of rotatable bonds is 3. The Morgan fingerprint density at radius 2 is 2.18 bits per heavy atom. The molecule has 4 heteroatoms. The zero-order valence-electron chi connectivity index (χ0n) is 9.83. The topological polar surface area (TPSA) is 42.2 Å². The molecule has 0 amide bonds. The average Bonchev–Trinajstić information content (AvgIpc) is 2.54. The molecule has 0 aliphatic carbocycles. The van der Waals surface area contributed by atoms with Crippen LogP contribution in [0.3, 0.4) is 0 Å². The maximum absolute atomic E-state index is 11.3. The van der Waals surface area contributed by atoms with E-state index in [1.54, 1.807) is 10.6 Å². The third-order valence-electron chi connectivity index (χ3n) is 2.94. The molecule has 1 aromatic heterocycles. The molecule has 2 rings (SSSR count). The summed E-state index contributed by atoms with van der Waals surface area (Å²) in [5.74, 6) is -0.900. The second-order valence-electron chi connectivity index (χ2n) is 4.07.